The summed E-state index contributed by atoms with van der Waals surface area (Å²) in [6.07, 6.45) is 4.47. The van der Waals surface area contributed by atoms with Gasteiger partial charge >= 0.3 is 5.97 Å². The van der Waals surface area contributed by atoms with Crippen LogP contribution in [0.3, 0.4) is 0 Å². The van der Waals surface area contributed by atoms with Crippen LogP contribution in [0.1, 0.15) is 26.3 Å². The molecule has 0 saturated heterocycles. The number of ether oxygens (including phenoxy) is 5. The number of benzene rings is 2. The standard InChI is InChI=1S/C24H23N3O7/c1-30-19-11-15(14-26-27-23(28)16-7-9-25-10-8-16)5-6-18(19)34-24(29)17-12-20(31-2)22(33-4)21(13-17)32-3/h5-14H,1-4H3,(H,27,28)/b26-14-. The molecule has 0 bridgehead atoms. The van der Waals surface area contributed by atoms with Gasteiger partial charge in [-0.1, -0.05) is 0 Å². The number of esters is 1. The fraction of sp³-hybridized carbons (Fsp3) is 0.167. The Balaban J connectivity index is 1.75. The van der Waals surface area contributed by atoms with Gasteiger partial charge in [0.2, 0.25) is 5.75 Å². The van der Waals surface area contributed by atoms with E-state index in [-0.39, 0.29) is 17.2 Å². The smallest absolute Gasteiger partial charge is 0.343 e. The minimum absolute atomic E-state index is 0.194. The lowest BCUT2D eigenvalue weighted by molar-refractivity contribution is 0.0728. The lowest BCUT2D eigenvalue weighted by Crippen LogP contribution is -2.17. The summed E-state index contributed by atoms with van der Waals surface area (Å²) in [6, 6.07) is 10.9. The first-order chi connectivity index (χ1) is 16.5. The van der Waals surface area contributed by atoms with Crippen molar-refractivity contribution in [1.29, 1.82) is 0 Å². The first-order valence-electron chi connectivity index (χ1n) is 9.94. The molecule has 0 saturated carbocycles. The fourth-order valence-corrected chi connectivity index (χ4v) is 2.94. The molecule has 3 rings (SSSR count). The quantitative estimate of drug-likeness (QED) is 0.222. The van der Waals surface area contributed by atoms with E-state index in [0.717, 1.165) is 0 Å². The van der Waals surface area contributed by atoms with Crippen LogP contribution in [0.15, 0.2) is 60.0 Å². The third-order valence-corrected chi connectivity index (χ3v) is 4.61. The number of hydrogen-bond acceptors (Lipinski definition) is 9. The second-order valence-electron chi connectivity index (χ2n) is 6.65. The van der Waals surface area contributed by atoms with Crippen LogP contribution < -0.4 is 29.1 Å². The van der Waals surface area contributed by atoms with Crippen molar-refractivity contribution in [1.82, 2.24) is 10.4 Å². The van der Waals surface area contributed by atoms with Gasteiger partial charge in [0.1, 0.15) is 0 Å². The number of nitrogens with one attached hydrogen (secondary N) is 1. The van der Waals surface area contributed by atoms with Gasteiger partial charge in [0.25, 0.3) is 5.91 Å². The summed E-state index contributed by atoms with van der Waals surface area (Å²) in [4.78, 5) is 28.7. The summed E-state index contributed by atoms with van der Waals surface area (Å²) in [5.74, 6) is 0.468. The molecular formula is C24H23N3O7. The molecule has 10 heteroatoms. The lowest BCUT2D eigenvalue weighted by Gasteiger charge is -2.14. The van der Waals surface area contributed by atoms with Crippen LogP contribution in [0, 0.1) is 0 Å². The Labute approximate surface area is 196 Å². The van der Waals surface area contributed by atoms with Gasteiger partial charge in [0.05, 0.1) is 40.2 Å². The van der Waals surface area contributed by atoms with Crippen LogP contribution in [0.4, 0.5) is 0 Å². The SMILES string of the molecule is COc1cc(/C=N\NC(=O)c2ccncc2)ccc1OC(=O)c1cc(OC)c(OC)c(OC)c1. The van der Waals surface area contributed by atoms with Crippen LogP contribution in [0.25, 0.3) is 0 Å². The first-order valence-corrected chi connectivity index (χ1v) is 9.94. The zero-order chi connectivity index (χ0) is 24.5. The van der Waals surface area contributed by atoms with E-state index in [0.29, 0.717) is 34.1 Å². The van der Waals surface area contributed by atoms with Crippen molar-refractivity contribution in [3.63, 3.8) is 0 Å². The Morgan fingerprint density at radius 2 is 1.44 bits per heavy atom. The predicted molar refractivity (Wildman–Crippen MR) is 123 cm³/mol. The van der Waals surface area contributed by atoms with Crippen LogP contribution in [-0.4, -0.2) is 51.5 Å². The Morgan fingerprint density at radius 1 is 0.794 bits per heavy atom. The van der Waals surface area contributed by atoms with E-state index in [4.69, 9.17) is 23.7 Å². The summed E-state index contributed by atoms with van der Waals surface area (Å²) >= 11 is 0. The molecule has 0 atom stereocenters. The molecule has 1 N–H and O–H groups in total. The van der Waals surface area contributed by atoms with Crippen molar-refractivity contribution < 1.29 is 33.3 Å². The molecular weight excluding hydrogens is 442 g/mol. The maximum atomic E-state index is 12.8. The van der Waals surface area contributed by atoms with Crippen LogP contribution in [0.5, 0.6) is 28.7 Å². The normalized spacial score (nSPS) is 10.5. The molecule has 0 aliphatic rings. The van der Waals surface area contributed by atoms with Crippen LogP contribution >= 0.6 is 0 Å². The number of nitrogens with zero attached hydrogens (tertiary/aromatic N) is 2. The highest BCUT2D eigenvalue weighted by molar-refractivity contribution is 5.95. The second kappa shape index (κ2) is 11.3. The van der Waals surface area contributed by atoms with Crippen molar-refractivity contribution in [2.24, 2.45) is 5.10 Å². The highest BCUT2D eigenvalue weighted by atomic mass is 16.6. The van der Waals surface area contributed by atoms with Crippen LogP contribution in [-0.2, 0) is 0 Å². The van der Waals surface area contributed by atoms with Crippen molar-refractivity contribution in [3.8, 4) is 28.7 Å². The molecule has 0 fully saturated rings. The number of carbonyl (C=O) groups is 2. The maximum absolute atomic E-state index is 12.8. The van der Waals surface area contributed by atoms with Gasteiger partial charge in [0, 0.05) is 18.0 Å². The third kappa shape index (κ3) is 5.60. The summed E-state index contributed by atoms with van der Waals surface area (Å²) < 4.78 is 26.7. The molecule has 10 nitrogen and oxygen atoms in total. The van der Waals surface area contributed by atoms with E-state index in [2.05, 4.69) is 15.5 Å². The van der Waals surface area contributed by atoms with Crippen molar-refractivity contribution in [2.45, 2.75) is 0 Å². The Kier molecular flexibility index (Phi) is 8.01. The average Bonchev–Trinajstić information content (AvgIpc) is 2.88. The largest absolute Gasteiger partial charge is 0.493 e. The third-order valence-electron chi connectivity index (χ3n) is 4.61. The van der Waals surface area contributed by atoms with Gasteiger partial charge in [-0.15, -0.1) is 0 Å². The fourth-order valence-electron chi connectivity index (χ4n) is 2.94. The minimum atomic E-state index is -0.649. The predicted octanol–water partition coefficient (Wildman–Crippen LogP) is 3.10. The molecule has 0 unspecified atom stereocenters. The van der Waals surface area contributed by atoms with E-state index in [1.165, 1.54) is 59.2 Å². The zero-order valence-electron chi connectivity index (χ0n) is 19.0. The molecule has 176 valence electrons. The molecule has 0 spiro atoms. The highest BCUT2D eigenvalue weighted by Gasteiger charge is 2.19. The molecule has 0 radical (unpaired) electrons. The van der Waals surface area contributed by atoms with E-state index < -0.39 is 5.97 Å². The number of hydrazone groups is 1. The van der Waals surface area contributed by atoms with Crippen molar-refractivity contribution in [3.05, 3.63) is 71.5 Å². The molecule has 3 aromatic rings. The molecule has 0 aliphatic heterocycles. The summed E-state index contributed by atoms with van der Waals surface area (Å²) in [6.45, 7) is 0. The van der Waals surface area contributed by atoms with E-state index in [1.807, 2.05) is 0 Å². The number of pyridine rings is 1. The highest BCUT2D eigenvalue weighted by Crippen LogP contribution is 2.38. The van der Waals surface area contributed by atoms with Gasteiger partial charge < -0.3 is 23.7 Å². The van der Waals surface area contributed by atoms with Gasteiger partial charge in [0.15, 0.2) is 23.0 Å². The molecule has 1 aromatic heterocycles. The Hall–Kier alpha value is -4.60. The summed E-state index contributed by atoms with van der Waals surface area (Å²) in [5.41, 5.74) is 3.66. The molecule has 34 heavy (non-hydrogen) atoms. The maximum Gasteiger partial charge on any atom is 0.343 e. The Morgan fingerprint density at radius 3 is 2.03 bits per heavy atom. The molecule has 2 aromatic carbocycles. The average molecular weight is 465 g/mol. The van der Waals surface area contributed by atoms with Gasteiger partial charge in [-0.2, -0.15) is 5.10 Å². The summed E-state index contributed by atoms with van der Waals surface area (Å²) in [7, 11) is 5.82. The van der Waals surface area contributed by atoms with Crippen LogP contribution in [0.2, 0.25) is 0 Å². The Bertz CT molecular complexity index is 1170. The number of carbonyl (C=O) groups excluding carboxylic acids is 2. The van der Waals surface area contributed by atoms with Gasteiger partial charge in [-0.3, -0.25) is 9.78 Å². The number of aromatic nitrogens is 1. The van der Waals surface area contributed by atoms with Gasteiger partial charge in [-0.05, 0) is 48.0 Å². The van der Waals surface area contributed by atoms with E-state index >= 15 is 0 Å². The first kappa shape index (κ1) is 24.1. The van der Waals surface area contributed by atoms with E-state index in [9.17, 15) is 9.59 Å². The molecule has 1 amide bonds. The lowest BCUT2D eigenvalue weighted by atomic mass is 10.1. The van der Waals surface area contributed by atoms with Gasteiger partial charge in [-0.25, -0.2) is 10.2 Å². The molecule has 1 heterocycles. The minimum Gasteiger partial charge on any atom is -0.493 e. The monoisotopic (exact) mass is 465 g/mol. The van der Waals surface area contributed by atoms with Crippen molar-refractivity contribution in [2.75, 3.05) is 28.4 Å². The second-order valence-corrected chi connectivity index (χ2v) is 6.65. The van der Waals surface area contributed by atoms with Crippen molar-refractivity contribution >= 4 is 18.1 Å². The zero-order valence-corrected chi connectivity index (χ0v) is 19.0. The summed E-state index contributed by atoms with van der Waals surface area (Å²) in [5, 5.41) is 3.94. The number of amides is 1. The number of rotatable bonds is 9. The molecule has 0 aliphatic carbocycles. The number of hydrogen-bond donors (Lipinski definition) is 1. The number of methoxy groups -OCH3 is 4. The van der Waals surface area contributed by atoms with E-state index in [1.54, 1.807) is 30.3 Å². The topological polar surface area (TPSA) is 118 Å².